The van der Waals surface area contributed by atoms with Gasteiger partial charge < -0.3 is 22.7 Å². The second kappa shape index (κ2) is 24.4. The maximum atomic E-state index is 6.27. The first-order valence-corrected chi connectivity index (χ1v) is 38.8. The van der Waals surface area contributed by atoms with Crippen LogP contribution in [0.25, 0.3) is 217 Å². The van der Waals surface area contributed by atoms with Crippen LogP contribution < -0.4 is 0 Å². The second-order valence-electron chi connectivity index (χ2n) is 28.5. The predicted octanol–water partition coefficient (Wildman–Crippen LogP) is 29.1. The van der Waals surface area contributed by atoms with Crippen LogP contribution >= 0.6 is 22.7 Å². The molecule has 0 N–H and O–H groups in total. The molecule has 0 aliphatic rings. The zero-order valence-electron chi connectivity index (χ0n) is 58.8. The van der Waals surface area contributed by atoms with Crippen molar-refractivity contribution in [2.45, 2.75) is 0 Å². The van der Waals surface area contributed by atoms with Crippen LogP contribution in [0.3, 0.4) is 0 Å². The van der Waals surface area contributed by atoms with E-state index in [1.807, 2.05) is 28.7 Å². The zero-order valence-corrected chi connectivity index (χ0v) is 60.4. The molecule has 0 unspecified atom stereocenters. The van der Waals surface area contributed by atoms with E-state index in [0.29, 0.717) is 0 Å². The van der Waals surface area contributed by atoms with Gasteiger partial charge in [-0.25, -0.2) is 0 Å². The van der Waals surface area contributed by atoms with Gasteiger partial charge in [0, 0.05) is 128 Å². The standard InChI is InChI=1S/C54H32N2OS.C48H30N2S/c1-2-13-35(14-3-1)55-46-20-8-4-15-38(46)43-29-33(25-27-48(43)55)37-19-12-22-49-53(37)41-18-5-9-21-47(41)56(49)36-31-42(54-45(32-36)40-17-7-11-24-52(40)58-54)34-26-28-51-44(30-34)39-16-6-10-23-50(39)57-51;1-3-15-31(16-4-1)39-29-33(30-40-34-19-9-12-28-45(34)51-48(39)40)50-42-25-11-8-21-38(42)47-36(23-14-27-44(47)50)35-22-13-26-43-46(35)37-20-7-10-24-41(37)49(43)32-17-5-2-6-18-32/h1-32H;1-30H. The Hall–Kier alpha value is -13.8. The van der Waals surface area contributed by atoms with Gasteiger partial charge in [0.2, 0.25) is 0 Å². The van der Waals surface area contributed by atoms with Gasteiger partial charge in [-0.05, 0) is 167 Å². The second-order valence-corrected chi connectivity index (χ2v) is 30.6. The van der Waals surface area contributed by atoms with Crippen LogP contribution in [0.5, 0.6) is 0 Å². The number of nitrogens with zero attached hydrogens (tertiary/aromatic N) is 4. The first-order valence-electron chi connectivity index (χ1n) is 37.2. The Kier molecular flexibility index (Phi) is 13.7. The molecule has 7 heteroatoms. The predicted molar refractivity (Wildman–Crippen MR) is 465 cm³/mol. The number of hydrogen-bond donors (Lipinski definition) is 0. The lowest BCUT2D eigenvalue weighted by Gasteiger charge is -2.13. The summed E-state index contributed by atoms with van der Waals surface area (Å²) in [6.45, 7) is 0. The molecule has 0 saturated heterocycles. The summed E-state index contributed by atoms with van der Waals surface area (Å²) < 4.78 is 21.3. The van der Waals surface area contributed by atoms with Crippen LogP contribution in [0.1, 0.15) is 0 Å². The van der Waals surface area contributed by atoms with Crippen molar-refractivity contribution in [1.29, 1.82) is 0 Å². The normalized spacial score (nSPS) is 12.0. The number of furan rings is 1. The van der Waals surface area contributed by atoms with E-state index in [9.17, 15) is 0 Å². The minimum Gasteiger partial charge on any atom is -0.456 e. The van der Waals surface area contributed by atoms with E-state index in [4.69, 9.17) is 4.42 Å². The van der Waals surface area contributed by atoms with Crippen LogP contribution in [0.4, 0.5) is 0 Å². The first kappa shape index (κ1) is 61.5. The summed E-state index contributed by atoms with van der Waals surface area (Å²) >= 11 is 3.76. The Morgan fingerprint density at radius 2 is 0.541 bits per heavy atom. The molecule has 0 fully saturated rings. The number of benzene rings is 17. The third-order valence-electron chi connectivity index (χ3n) is 22.6. The van der Waals surface area contributed by atoms with Crippen molar-refractivity contribution < 1.29 is 4.42 Å². The van der Waals surface area contributed by atoms with Crippen molar-refractivity contribution in [3.05, 3.63) is 376 Å². The van der Waals surface area contributed by atoms with Crippen LogP contribution in [-0.2, 0) is 0 Å². The summed E-state index contributed by atoms with van der Waals surface area (Å²) in [6, 6.07) is 137. The SMILES string of the molecule is c1ccc(-c2cc(-n3c4ccccc4c4c(-c5cccc6c5c5ccccc5n6-c5ccccc5)cccc43)cc3c2sc2ccccc23)cc1.c1ccc(-n2c3ccccc3c3cc(-c4cccc5c4c4ccccc4n5-c4cc(-c5ccc6oc7ccccc7c6c5)c5sc6ccccc6c5c4)ccc32)cc1. The quantitative estimate of drug-likeness (QED) is 0.149. The van der Waals surface area contributed by atoms with Crippen molar-refractivity contribution >= 4 is 172 Å². The zero-order chi connectivity index (χ0) is 71.4. The van der Waals surface area contributed by atoms with Crippen LogP contribution in [0.2, 0.25) is 0 Å². The van der Waals surface area contributed by atoms with E-state index in [1.165, 1.54) is 189 Å². The fourth-order valence-electron chi connectivity index (χ4n) is 18.0. The smallest absolute Gasteiger partial charge is 0.135 e. The molecule has 0 amide bonds. The van der Waals surface area contributed by atoms with E-state index in [0.717, 1.165) is 27.6 Å². The molecular formula is C102H62N4OS2. The fourth-order valence-corrected chi connectivity index (χ4v) is 20.4. The Morgan fingerprint density at radius 1 is 0.183 bits per heavy atom. The van der Waals surface area contributed by atoms with Gasteiger partial charge in [-0.1, -0.05) is 243 Å². The van der Waals surface area contributed by atoms with Crippen molar-refractivity contribution in [3.63, 3.8) is 0 Å². The Bertz CT molecular complexity index is 7860. The molecule has 0 bridgehead atoms. The monoisotopic (exact) mass is 1420 g/mol. The number of rotatable bonds is 8. The summed E-state index contributed by atoms with van der Waals surface area (Å²) in [4.78, 5) is 0. The van der Waals surface area contributed by atoms with Gasteiger partial charge in [-0.3, -0.25) is 0 Å². The molecule has 0 atom stereocenters. The highest BCUT2D eigenvalue weighted by molar-refractivity contribution is 7.26. The molecule has 7 aromatic heterocycles. The highest BCUT2D eigenvalue weighted by atomic mass is 32.1. The largest absolute Gasteiger partial charge is 0.456 e. The number of thiophene rings is 2. The van der Waals surface area contributed by atoms with Gasteiger partial charge >= 0.3 is 0 Å². The molecular weight excluding hydrogens is 1360 g/mol. The Balaban J connectivity index is 0.000000132. The Morgan fingerprint density at radius 3 is 1.08 bits per heavy atom. The first-order chi connectivity index (χ1) is 54.1. The molecule has 5 nitrogen and oxygen atoms in total. The van der Waals surface area contributed by atoms with Gasteiger partial charge in [0.1, 0.15) is 11.2 Å². The molecule has 0 saturated carbocycles. The van der Waals surface area contributed by atoms with Gasteiger partial charge in [0.25, 0.3) is 0 Å². The number of fused-ring (bicyclic) bond motifs is 21. The van der Waals surface area contributed by atoms with Crippen molar-refractivity contribution in [1.82, 2.24) is 18.3 Å². The van der Waals surface area contributed by atoms with Gasteiger partial charge in [-0.2, -0.15) is 0 Å². The topological polar surface area (TPSA) is 32.9 Å². The highest BCUT2D eigenvalue weighted by Gasteiger charge is 2.25. The fraction of sp³-hybridized carbons (Fsp3) is 0. The van der Waals surface area contributed by atoms with E-state index >= 15 is 0 Å². The summed E-state index contributed by atoms with van der Waals surface area (Å²) in [5.41, 5.74) is 25.9. The highest BCUT2D eigenvalue weighted by Crippen LogP contribution is 2.50. The minimum atomic E-state index is 0.909. The van der Waals surface area contributed by atoms with Gasteiger partial charge in [0.15, 0.2) is 0 Å². The lowest BCUT2D eigenvalue weighted by Crippen LogP contribution is -1.95. The van der Waals surface area contributed by atoms with Crippen LogP contribution in [0, 0.1) is 0 Å². The number of para-hydroxylation sites is 7. The van der Waals surface area contributed by atoms with E-state index in [2.05, 4.69) is 388 Å². The molecule has 0 spiro atoms. The molecule has 24 aromatic rings. The number of hydrogen-bond acceptors (Lipinski definition) is 3. The summed E-state index contributed by atoms with van der Waals surface area (Å²) in [7, 11) is 0. The van der Waals surface area contributed by atoms with Gasteiger partial charge in [-0.15, -0.1) is 22.7 Å². The summed E-state index contributed by atoms with van der Waals surface area (Å²) in [5.74, 6) is 0. The lowest BCUT2D eigenvalue weighted by atomic mass is 9.95. The molecule has 24 rings (SSSR count). The van der Waals surface area contributed by atoms with E-state index in [1.54, 1.807) is 0 Å². The van der Waals surface area contributed by atoms with Gasteiger partial charge in [0.05, 0.1) is 44.1 Å². The van der Waals surface area contributed by atoms with Crippen LogP contribution in [0.15, 0.2) is 381 Å². The summed E-state index contributed by atoms with van der Waals surface area (Å²) in [6.07, 6.45) is 0. The maximum Gasteiger partial charge on any atom is 0.135 e. The average Bonchev–Trinajstić information content (AvgIpc) is 1.57. The lowest BCUT2D eigenvalue weighted by molar-refractivity contribution is 0.669. The van der Waals surface area contributed by atoms with E-state index < -0.39 is 0 Å². The Labute approximate surface area is 633 Å². The number of aromatic nitrogens is 4. The van der Waals surface area contributed by atoms with E-state index in [-0.39, 0.29) is 0 Å². The molecule has 508 valence electrons. The molecule has 0 aliphatic carbocycles. The van der Waals surface area contributed by atoms with Crippen LogP contribution in [-0.4, -0.2) is 18.3 Å². The van der Waals surface area contributed by atoms with Crippen molar-refractivity contribution in [2.75, 3.05) is 0 Å². The molecule has 109 heavy (non-hydrogen) atoms. The third-order valence-corrected chi connectivity index (χ3v) is 25.1. The maximum absolute atomic E-state index is 6.27. The third kappa shape index (κ3) is 9.44. The molecule has 17 aromatic carbocycles. The minimum absolute atomic E-state index is 0.909. The molecule has 0 radical (unpaired) electrons. The summed E-state index contributed by atoms with van der Waals surface area (Å²) in [5, 5.41) is 17.5. The molecule has 7 heterocycles. The average molecular weight is 1420 g/mol. The van der Waals surface area contributed by atoms with Crippen molar-refractivity contribution in [2.24, 2.45) is 0 Å². The van der Waals surface area contributed by atoms with Crippen molar-refractivity contribution in [3.8, 4) is 67.3 Å². The molecule has 0 aliphatic heterocycles.